The number of halogens is 2. The quantitative estimate of drug-likeness (QED) is 0.486. The van der Waals surface area contributed by atoms with E-state index in [4.69, 9.17) is 9.47 Å². The molecule has 0 bridgehead atoms. The molecular weight excluding hydrogens is 566 g/mol. The number of fused-ring (bicyclic) bond motifs is 7. The van der Waals surface area contributed by atoms with Crippen molar-refractivity contribution in [2.75, 3.05) is 6.61 Å². The number of aliphatic hydroxyl groups is 2. The van der Waals surface area contributed by atoms with Gasteiger partial charge in [-0.25, -0.2) is 8.78 Å². The van der Waals surface area contributed by atoms with Gasteiger partial charge in [-0.05, 0) is 74.3 Å². The number of benzene rings is 2. The fourth-order valence-corrected chi connectivity index (χ4v) is 9.45. The summed E-state index contributed by atoms with van der Waals surface area (Å²) in [6.07, 6.45) is -0.544. The van der Waals surface area contributed by atoms with E-state index in [0.717, 1.165) is 18.1 Å². The third-order valence-corrected chi connectivity index (χ3v) is 11.7. The van der Waals surface area contributed by atoms with E-state index in [2.05, 4.69) is 24.3 Å². The number of rotatable bonds is 5. The average molecular weight is 605 g/mol. The number of Topliss-reactive ketones (excluding diaryl/α,β-unsaturated/α-hetero) is 1. The molecule has 232 valence electrons. The molecule has 6 nitrogen and oxygen atoms in total. The molecule has 44 heavy (non-hydrogen) atoms. The second kappa shape index (κ2) is 9.98. The Morgan fingerprint density at radius 3 is 2.34 bits per heavy atom. The van der Waals surface area contributed by atoms with E-state index in [1.807, 2.05) is 31.2 Å². The SMILES string of the molecule is Cc1ccc(Cc2ccc([C@@H]3O[C@@H]4C[C@H]5[C@@H]6C[C@H](F)C7=CC(=O)C=C[C@]7(C)[C@@]6(F)[C@@H](O)C[C@]5(C)[C@]4(C(=O)CO)O3)cc2)cc1. The van der Waals surface area contributed by atoms with Gasteiger partial charge in [0.15, 0.2) is 29.1 Å². The van der Waals surface area contributed by atoms with Crippen LogP contribution in [-0.4, -0.2) is 58.0 Å². The highest BCUT2D eigenvalue weighted by Crippen LogP contribution is 2.72. The molecule has 10 atom stereocenters. The van der Waals surface area contributed by atoms with Crippen LogP contribution >= 0.6 is 0 Å². The van der Waals surface area contributed by atoms with Crippen molar-refractivity contribution in [1.82, 2.24) is 0 Å². The van der Waals surface area contributed by atoms with Gasteiger partial charge < -0.3 is 19.7 Å². The summed E-state index contributed by atoms with van der Waals surface area (Å²) in [5.41, 5.74) is -2.39. The first-order chi connectivity index (χ1) is 20.9. The molecule has 5 aliphatic rings. The molecule has 0 unspecified atom stereocenters. The Bertz CT molecular complexity index is 1570. The molecule has 3 saturated carbocycles. The summed E-state index contributed by atoms with van der Waals surface area (Å²) in [4.78, 5) is 25.8. The van der Waals surface area contributed by atoms with Crippen molar-refractivity contribution in [3.8, 4) is 0 Å². The molecule has 0 spiro atoms. The number of ether oxygens (including phenoxy) is 2. The van der Waals surface area contributed by atoms with Crippen molar-refractivity contribution in [1.29, 1.82) is 0 Å². The van der Waals surface area contributed by atoms with E-state index in [1.54, 1.807) is 13.8 Å². The number of ketones is 2. The number of hydrogen-bond donors (Lipinski definition) is 2. The molecule has 2 aromatic carbocycles. The fraction of sp³-hybridized carbons (Fsp3) is 0.500. The largest absolute Gasteiger partial charge is 0.390 e. The zero-order valence-electron chi connectivity index (χ0n) is 25.1. The van der Waals surface area contributed by atoms with Gasteiger partial charge in [-0.1, -0.05) is 67.1 Å². The van der Waals surface area contributed by atoms with Gasteiger partial charge in [0.25, 0.3) is 0 Å². The van der Waals surface area contributed by atoms with E-state index in [0.29, 0.717) is 5.56 Å². The maximum Gasteiger partial charge on any atom is 0.193 e. The van der Waals surface area contributed by atoms with Crippen LogP contribution in [0.4, 0.5) is 8.78 Å². The number of hydrogen-bond acceptors (Lipinski definition) is 6. The van der Waals surface area contributed by atoms with Crippen LogP contribution in [0.2, 0.25) is 0 Å². The van der Waals surface area contributed by atoms with Crippen molar-refractivity contribution < 1.29 is 38.1 Å². The minimum Gasteiger partial charge on any atom is -0.390 e. The summed E-state index contributed by atoms with van der Waals surface area (Å²) in [7, 11) is 0. The first-order valence-corrected chi connectivity index (χ1v) is 15.5. The van der Waals surface area contributed by atoms with Crippen LogP contribution in [0.1, 0.15) is 61.7 Å². The molecule has 0 radical (unpaired) electrons. The zero-order valence-corrected chi connectivity index (χ0v) is 25.1. The Labute approximate surface area is 255 Å². The van der Waals surface area contributed by atoms with Crippen LogP contribution in [0.5, 0.6) is 0 Å². The van der Waals surface area contributed by atoms with E-state index in [-0.39, 0.29) is 24.8 Å². The molecule has 1 saturated heterocycles. The topological polar surface area (TPSA) is 93.1 Å². The van der Waals surface area contributed by atoms with Crippen molar-refractivity contribution in [2.24, 2.45) is 22.7 Å². The number of aryl methyl sites for hydroxylation is 1. The van der Waals surface area contributed by atoms with Crippen molar-refractivity contribution in [2.45, 2.75) is 82.4 Å². The molecule has 7 rings (SSSR count). The van der Waals surface area contributed by atoms with Gasteiger partial charge >= 0.3 is 0 Å². The van der Waals surface area contributed by atoms with Crippen LogP contribution in [0.3, 0.4) is 0 Å². The van der Waals surface area contributed by atoms with Crippen LogP contribution in [-0.2, 0) is 25.5 Å². The van der Waals surface area contributed by atoms with Crippen molar-refractivity contribution >= 4 is 11.6 Å². The number of aliphatic hydroxyl groups excluding tert-OH is 2. The van der Waals surface area contributed by atoms with Crippen LogP contribution in [0.15, 0.2) is 72.3 Å². The Morgan fingerprint density at radius 2 is 1.68 bits per heavy atom. The Balaban J connectivity index is 1.21. The highest BCUT2D eigenvalue weighted by Gasteiger charge is 2.80. The standard InChI is InChI=1S/C36H38F2O6/c1-20-4-6-21(7-5-20)14-22-8-10-23(11-9-22)32-43-31-17-25-26-16-28(37)27-15-24(40)12-13-33(27,2)35(26,38)29(41)18-34(25,3)36(31,44-32)30(42)19-39/h4-13,15,25-26,28-29,31-32,39,41H,14,16-19H2,1-3H3/t25-,26-,28-,29-,31+,32+,33-,34-,35-,36+/m0/s1. The van der Waals surface area contributed by atoms with E-state index in [1.165, 1.54) is 23.3 Å². The summed E-state index contributed by atoms with van der Waals surface area (Å²) < 4.78 is 46.3. The van der Waals surface area contributed by atoms with Gasteiger partial charge in [0.05, 0.1) is 12.2 Å². The summed E-state index contributed by atoms with van der Waals surface area (Å²) in [6, 6.07) is 16.1. The minimum atomic E-state index is -2.28. The maximum absolute atomic E-state index is 17.5. The van der Waals surface area contributed by atoms with Crippen LogP contribution in [0, 0.1) is 29.6 Å². The smallest absolute Gasteiger partial charge is 0.193 e. The van der Waals surface area contributed by atoms with E-state index < -0.39 is 76.8 Å². The second-order valence-electron chi connectivity index (χ2n) is 13.9. The van der Waals surface area contributed by atoms with E-state index >= 15 is 8.78 Å². The molecule has 8 heteroatoms. The van der Waals surface area contributed by atoms with Crippen molar-refractivity contribution in [3.05, 3.63) is 94.6 Å². The van der Waals surface area contributed by atoms with Gasteiger partial charge in [0, 0.05) is 22.3 Å². The lowest BCUT2D eigenvalue weighted by molar-refractivity contribution is -0.235. The molecule has 2 N–H and O–H groups in total. The molecule has 2 aromatic rings. The van der Waals surface area contributed by atoms with Gasteiger partial charge in [-0.3, -0.25) is 9.59 Å². The monoisotopic (exact) mass is 604 g/mol. The summed E-state index contributed by atoms with van der Waals surface area (Å²) in [5, 5.41) is 21.8. The minimum absolute atomic E-state index is 0.0455. The van der Waals surface area contributed by atoms with Gasteiger partial charge in [0.2, 0.25) is 0 Å². The average Bonchev–Trinajstić information content (AvgIpc) is 3.50. The van der Waals surface area contributed by atoms with Gasteiger partial charge in [-0.2, -0.15) is 0 Å². The molecule has 1 heterocycles. The summed E-state index contributed by atoms with van der Waals surface area (Å²) >= 11 is 0. The van der Waals surface area contributed by atoms with Crippen molar-refractivity contribution in [3.63, 3.8) is 0 Å². The highest BCUT2D eigenvalue weighted by atomic mass is 19.1. The molecule has 0 aromatic heterocycles. The van der Waals surface area contributed by atoms with Gasteiger partial charge in [0.1, 0.15) is 12.8 Å². The lowest BCUT2D eigenvalue weighted by Gasteiger charge is -2.63. The number of carbonyl (C=O) groups is 2. The lowest BCUT2D eigenvalue weighted by atomic mass is 9.44. The molecule has 1 aliphatic heterocycles. The van der Waals surface area contributed by atoms with E-state index in [9.17, 15) is 19.8 Å². The molecular formula is C36H38F2O6. The maximum atomic E-state index is 17.5. The number of allylic oxidation sites excluding steroid dienone is 4. The zero-order chi connectivity index (χ0) is 31.2. The predicted octanol–water partition coefficient (Wildman–Crippen LogP) is 5.23. The Kier molecular flexibility index (Phi) is 6.73. The Morgan fingerprint density at radius 1 is 1.02 bits per heavy atom. The fourth-order valence-electron chi connectivity index (χ4n) is 9.45. The third kappa shape index (κ3) is 3.84. The first kappa shape index (κ1) is 29.7. The number of carbonyl (C=O) groups excluding carboxylic acids is 2. The lowest BCUT2D eigenvalue weighted by Crippen LogP contribution is -2.70. The summed E-state index contributed by atoms with van der Waals surface area (Å²) in [5.74, 6) is -2.56. The summed E-state index contributed by atoms with van der Waals surface area (Å²) in [6.45, 7) is 4.56. The van der Waals surface area contributed by atoms with Crippen LogP contribution in [0.25, 0.3) is 0 Å². The first-order valence-electron chi connectivity index (χ1n) is 15.5. The second-order valence-corrected chi connectivity index (χ2v) is 13.9. The Hall–Kier alpha value is -3.04. The highest BCUT2D eigenvalue weighted by molar-refractivity contribution is 6.01. The number of alkyl halides is 2. The third-order valence-electron chi connectivity index (χ3n) is 11.7. The normalized spacial score (nSPS) is 42.2. The van der Waals surface area contributed by atoms with Gasteiger partial charge in [-0.15, -0.1) is 0 Å². The molecule has 4 aliphatic carbocycles. The van der Waals surface area contributed by atoms with Crippen LogP contribution < -0.4 is 0 Å². The predicted molar refractivity (Wildman–Crippen MR) is 158 cm³/mol. The molecule has 0 amide bonds. The molecule has 4 fully saturated rings.